The van der Waals surface area contributed by atoms with Gasteiger partial charge in [0.25, 0.3) is 0 Å². The number of para-hydroxylation sites is 1. The maximum absolute atomic E-state index is 5.36. The highest BCUT2D eigenvalue weighted by atomic mass is 16.5. The molecule has 2 heterocycles. The lowest BCUT2D eigenvalue weighted by molar-refractivity contribution is 0.189. The van der Waals surface area contributed by atoms with Crippen molar-refractivity contribution in [2.24, 2.45) is 0 Å². The third kappa shape index (κ3) is 4.03. The van der Waals surface area contributed by atoms with Crippen molar-refractivity contribution in [1.29, 1.82) is 0 Å². The Morgan fingerprint density at radius 3 is 2.74 bits per heavy atom. The summed E-state index contributed by atoms with van der Waals surface area (Å²) < 4.78 is 5.36. The van der Waals surface area contributed by atoms with Crippen LogP contribution in [0.5, 0.6) is 5.75 Å². The molecule has 4 rings (SSSR count). The van der Waals surface area contributed by atoms with Crippen LogP contribution in [0.3, 0.4) is 0 Å². The maximum atomic E-state index is 5.36. The number of methoxy groups -OCH3 is 1. The van der Waals surface area contributed by atoms with Crippen molar-refractivity contribution in [1.82, 2.24) is 14.9 Å². The fourth-order valence-electron chi connectivity index (χ4n) is 3.43. The van der Waals surface area contributed by atoms with Crippen LogP contribution in [0.4, 0.5) is 5.82 Å². The molecule has 0 radical (unpaired) electrons. The second-order valence-electron chi connectivity index (χ2n) is 7.11. The largest absolute Gasteiger partial charge is 0.497 e. The third-order valence-corrected chi connectivity index (χ3v) is 5.14. The maximum Gasteiger partial charge on any atom is 0.148 e. The second-order valence-corrected chi connectivity index (χ2v) is 7.11. The lowest BCUT2D eigenvalue weighted by Gasteiger charge is -2.30. The monoisotopic (exact) mass is 362 g/mol. The Kier molecular flexibility index (Phi) is 5.21. The van der Waals surface area contributed by atoms with Gasteiger partial charge in [-0.3, -0.25) is 0 Å². The molecule has 1 N–H and O–H groups in total. The fraction of sp³-hybridized carbons (Fsp3) is 0.364. The van der Waals surface area contributed by atoms with Gasteiger partial charge in [-0.15, -0.1) is 0 Å². The molecular formula is C22H26N4O. The Bertz CT molecular complexity index is 937. The summed E-state index contributed by atoms with van der Waals surface area (Å²) in [6.45, 7) is 6.44. The number of ether oxygens (including phenoxy) is 1. The van der Waals surface area contributed by atoms with Crippen molar-refractivity contribution in [2.45, 2.75) is 19.8 Å². The summed E-state index contributed by atoms with van der Waals surface area (Å²) in [7, 11) is 1.69. The van der Waals surface area contributed by atoms with Crippen LogP contribution in [-0.4, -0.2) is 48.2 Å². The van der Waals surface area contributed by atoms with Gasteiger partial charge in [-0.1, -0.05) is 24.3 Å². The van der Waals surface area contributed by atoms with Crippen LogP contribution in [0.1, 0.15) is 23.2 Å². The minimum atomic E-state index is 0.722. The first-order valence-corrected chi connectivity index (χ1v) is 9.58. The van der Waals surface area contributed by atoms with E-state index in [4.69, 9.17) is 14.7 Å². The molecule has 140 valence electrons. The highest BCUT2D eigenvalue weighted by Gasteiger charge is 2.15. The molecule has 27 heavy (non-hydrogen) atoms. The number of aromatic nitrogens is 2. The summed E-state index contributed by atoms with van der Waals surface area (Å²) >= 11 is 0. The van der Waals surface area contributed by atoms with E-state index >= 15 is 0 Å². The molecule has 0 spiro atoms. The van der Waals surface area contributed by atoms with E-state index in [0.717, 1.165) is 53.4 Å². The van der Waals surface area contributed by atoms with Gasteiger partial charge in [0.05, 0.1) is 23.8 Å². The number of nitrogens with one attached hydrogen (secondary N) is 1. The normalized spacial score (nSPS) is 14.1. The van der Waals surface area contributed by atoms with E-state index in [-0.39, 0.29) is 0 Å². The van der Waals surface area contributed by atoms with Gasteiger partial charge in [0.2, 0.25) is 0 Å². The highest BCUT2D eigenvalue weighted by molar-refractivity contribution is 5.79. The van der Waals surface area contributed by atoms with Crippen molar-refractivity contribution in [3.63, 3.8) is 0 Å². The Labute approximate surface area is 160 Å². The smallest absolute Gasteiger partial charge is 0.148 e. The molecule has 1 aliphatic heterocycles. The number of anilines is 1. The fourth-order valence-corrected chi connectivity index (χ4v) is 3.43. The number of hydrogen-bond donors (Lipinski definition) is 1. The second kappa shape index (κ2) is 7.92. The van der Waals surface area contributed by atoms with E-state index in [2.05, 4.69) is 35.3 Å². The van der Waals surface area contributed by atoms with E-state index in [1.807, 2.05) is 24.3 Å². The van der Waals surface area contributed by atoms with Gasteiger partial charge in [-0.2, -0.15) is 0 Å². The van der Waals surface area contributed by atoms with Crippen LogP contribution in [-0.2, 0) is 6.42 Å². The Balaban J connectivity index is 1.63. The van der Waals surface area contributed by atoms with E-state index in [0.29, 0.717) is 0 Å². The van der Waals surface area contributed by atoms with Crippen LogP contribution in [0.15, 0.2) is 42.5 Å². The molecule has 3 aromatic rings. The lowest BCUT2D eigenvalue weighted by atomic mass is 10.1. The number of rotatable bonds is 7. The predicted octanol–water partition coefficient (Wildman–Crippen LogP) is 3.66. The van der Waals surface area contributed by atoms with Crippen molar-refractivity contribution in [3.8, 4) is 5.75 Å². The SMILES string of the molecule is COc1cccc(Cc2nc3cccc(C)c3nc2NCCN2CCC2)c1. The predicted molar refractivity (Wildman–Crippen MR) is 110 cm³/mol. The summed E-state index contributed by atoms with van der Waals surface area (Å²) in [6, 6.07) is 14.3. The zero-order chi connectivity index (χ0) is 18.6. The van der Waals surface area contributed by atoms with Crippen LogP contribution in [0.25, 0.3) is 11.0 Å². The zero-order valence-corrected chi connectivity index (χ0v) is 16.0. The molecule has 1 aromatic heterocycles. The summed E-state index contributed by atoms with van der Waals surface area (Å²) in [4.78, 5) is 12.3. The quantitative estimate of drug-likeness (QED) is 0.695. The van der Waals surface area contributed by atoms with Gasteiger partial charge in [-0.25, -0.2) is 9.97 Å². The Hall–Kier alpha value is -2.66. The first-order chi connectivity index (χ1) is 13.2. The van der Waals surface area contributed by atoms with Gasteiger partial charge < -0.3 is 15.0 Å². The van der Waals surface area contributed by atoms with Crippen molar-refractivity contribution in [3.05, 3.63) is 59.3 Å². The van der Waals surface area contributed by atoms with Gasteiger partial charge >= 0.3 is 0 Å². The Morgan fingerprint density at radius 2 is 1.96 bits per heavy atom. The van der Waals surface area contributed by atoms with Crippen molar-refractivity contribution < 1.29 is 4.74 Å². The Morgan fingerprint density at radius 1 is 1.11 bits per heavy atom. The van der Waals surface area contributed by atoms with E-state index in [1.165, 1.54) is 25.1 Å². The molecule has 0 atom stereocenters. The highest BCUT2D eigenvalue weighted by Crippen LogP contribution is 2.23. The van der Waals surface area contributed by atoms with Gasteiger partial charge in [0.1, 0.15) is 11.6 Å². The molecule has 0 aliphatic carbocycles. The molecular weight excluding hydrogens is 336 g/mol. The summed E-state index contributed by atoms with van der Waals surface area (Å²) in [5.41, 5.74) is 5.21. The average molecular weight is 362 g/mol. The van der Waals surface area contributed by atoms with Crippen LogP contribution in [0, 0.1) is 6.92 Å². The lowest BCUT2D eigenvalue weighted by Crippen LogP contribution is -2.40. The van der Waals surface area contributed by atoms with Crippen LogP contribution >= 0.6 is 0 Å². The molecule has 0 bridgehead atoms. The van der Waals surface area contributed by atoms with E-state index in [1.54, 1.807) is 7.11 Å². The number of likely N-dealkylation sites (tertiary alicyclic amines) is 1. The number of benzene rings is 2. The zero-order valence-electron chi connectivity index (χ0n) is 16.0. The number of hydrogen-bond acceptors (Lipinski definition) is 5. The minimum Gasteiger partial charge on any atom is -0.497 e. The molecule has 0 saturated carbocycles. The number of aryl methyl sites for hydroxylation is 1. The molecule has 0 amide bonds. The van der Waals surface area contributed by atoms with Gasteiger partial charge in [0, 0.05) is 19.5 Å². The summed E-state index contributed by atoms with van der Waals surface area (Å²) in [6.07, 6.45) is 2.04. The number of nitrogens with zero attached hydrogens (tertiary/aromatic N) is 3. The molecule has 1 aliphatic rings. The minimum absolute atomic E-state index is 0.722. The molecule has 1 fully saturated rings. The first-order valence-electron chi connectivity index (χ1n) is 9.58. The third-order valence-electron chi connectivity index (χ3n) is 5.14. The number of fused-ring (bicyclic) bond motifs is 1. The average Bonchev–Trinajstić information content (AvgIpc) is 2.64. The van der Waals surface area contributed by atoms with Crippen molar-refractivity contribution in [2.75, 3.05) is 38.6 Å². The van der Waals surface area contributed by atoms with Crippen LogP contribution in [0.2, 0.25) is 0 Å². The molecule has 5 heteroatoms. The topological polar surface area (TPSA) is 50.3 Å². The molecule has 5 nitrogen and oxygen atoms in total. The van der Waals surface area contributed by atoms with Gasteiger partial charge in [-0.05, 0) is 55.8 Å². The van der Waals surface area contributed by atoms with Gasteiger partial charge in [0.15, 0.2) is 0 Å². The van der Waals surface area contributed by atoms with Crippen LogP contribution < -0.4 is 10.1 Å². The molecule has 2 aromatic carbocycles. The summed E-state index contributed by atoms with van der Waals surface area (Å²) in [5, 5.41) is 3.53. The van der Waals surface area contributed by atoms with E-state index in [9.17, 15) is 0 Å². The van der Waals surface area contributed by atoms with Crippen molar-refractivity contribution >= 4 is 16.9 Å². The standard InChI is InChI=1S/C22H26N4O/c1-16-6-3-9-19-21(16)25-22(23-10-13-26-11-5-12-26)20(24-19)15-17-7-4-8-18(14-17)27-2/h3-4,6-9,14H,5,10-13,15H2,1-2H3,(H,23,25). The molecule has 1 saturated heterocycles. The van der Waals surface area contributed by atoms with E-state index < -0.39 is 0 Å². The summed E-state index contributed by atoms with van der Waals surface area (Å²) in [5.74, 6) is 1.75. The molecule has 0 unspecified atom stereocenters. The first kappa shape index (κ1) is 17.7.